The van der Waals surface area contributed by atoms with Crippen LogP contribution in [0.4, 0.5) is 0 Å². The lowest BCUT2D eigenvalue weighted by atomic mass is 9.95. The van der Waals surface area contributed by atoms with Crippen LogP contribution >= 0.6 is 12.4 Å². The summed E-state index contributed by atoms with van der Waals surface area (Å²) in [5, 5.41) is 6.70. The lowest BCUT2D eigenvalue weighted by Gasteiger charge is -2.31. The minimum Gasteiger partial charge on any atom is -0.355 e. The summed E-state index contributed by atoms with van der Waals surface area (Å²) in [6.07, 6.45) is 10.8. The van der Waals surface area contributed by atoms with Gasteiger partial charge in [-0.3, -0.25) is 9.59 Å². The molecule has 1 saturated carbocycles. The first kappa shape index (κ1) is 24.7. The number of piperidine rings is 1. The SMILES string of the molecule is Cl.O=C(NCCNC1CCCCCC1)C1CCN(C(=O)CCc2ccccc2)CC1. The van der Waals surface area contributed by atoms with Gasteiger partial charge in [-0.05, 0) is 37.7 Å². The van der Waals surface area contributed by atoms with E-state index in [9.17, 15) is 9.59 Å². The zero-order valence-electron chi connectivity index (χ0n) is 18.1. The van der Waals surface area contributed by atoms with Gasteiger partial charge in [-0.2, -0.15) is 0 Å². The van der Waals surface area contributed by atoms with Crippen LogP contribution in [0, 0.1) is 5.92 Å². The van der Waals surface area contributed by atoms with Crippen LogP contribution in [-0.4, -0.2) is 48.9 Å². The molecular formula is C24H38ClN3O2. The number of hydrogen-bond acceptors (Lipinski definition) is 3. The van der Waals surface area contributed by atoms with E-state index in [1.807, 2.05) is 23.1 Å². The maximum absolute atomic E-state index is 12.5. The standard InChI is InChI=1S/C24H37N3O2.ClH/c28-23(13-12-20-8-4-3-5-9-20)27-18-14-21(15-19-27)24(29)26-17-16-25-22-10-6-1-2-7-11-22;/h3-5,8-9,21-22,25H,1-2,6-7,10-19H2,(H,26,29);1H. The number of nitrogens with zero attached hydrogens (tertiary/aromatic N) is 1. The summed E-state index contributed by atoms with van der Waals surface area (Å²) in [5.74, 6) is 0.412. The van der Waals surface area contributed by atoms with Gasteiger partial charge in [0.05, 0.1) is 0 Å². The van der Waals surface area contributed by atoms with E-state index in [1.165, 1.54) is 44.1 Å². The van der Waals surface area contributed by atoms with Crippen molar-refractivity contribution in [3.63, 3.8) is 0 Å². The zero-order valence-corrected chi connectivity index (χ0v) is 18.9. The van der Waals surface area contributed by atoms with Gasteiger partial charge >= 0.3 is 0 Å². The van der Waals surface area contributed by atoms with Crippen molar-refractivity contribution in [3.05, 3.63) is 35.9 Å². The fraction of sp³-hybridized carbons (Fsp3) is 0.667. The van der Waals surface area contributed by atoms with Gasteiger partial charge in [-0.15, -0.1) is 12.4 Å². The zero-order chi connectivity index (χ0) is 20.3. The summed E-state index contributed by atoms with van der Waals surface area (Å²) in [5.41, 5.74) is 1.20. The number of benzene rings is 1. The molecule has 168 valence electrons. The Labute approximate surface area is 187 Å². The Hall–Kier alpha value is -1.59. The van der Waals surface area contributed by atoms with Crippen molar-refractivity contribution in [1.82, 2.24) is 15.5 Å². The Balaban J connectivity index is 0.00000320. The summed E-state index contributed by atoms with van der Waals surface area (Å²) >= 11 is 0. The summed E-state index contributed by atoms with van der Waals surface area (Å²) in [6, 6.07) is 10.8. The van der Waals surface area contributed by atoms with Gasteiger partial charge in [-0.25, -0.2) is 0 Å². The van der Waals surface area contributed by atoms with Crippen molar-refractivity contribution in [2.75, 3.05) is 26.2 Å². The summed E-state index contributed by atoms with van der Waals surface area (Å²) in [6.45, 7) is 2.96. The fourth-order valence-electron chi connectivity index (χ4n) is 4.53. The Morgan fingerprint density at radius 2 is 1.57 bits per heavy atom. The molecule has 5 nitrogen and oxygen atoms in total. The highest BCUT2D eigenvalue weighted by molar-refractivity contribution is 5.85. The molecule has 0 aromatic heterocycles. The maximum Gasteiger partial charge on any atom is 0.223 e. The van der Waals surface area contributed by atoms with E-state index < -0.39 is 0 Å². The first-order valence-electron chi connectivity index (χ1n) is 11.5. The summed E-state index contributed by atoms with van der Waals surface area (Å²) < 4.78 is 0. The van der Waals surface area contributed by atoms with Crippen LogP contribution in [0.1, 0.15) is 63.4 Å². The van der Waals surface area contributed by atoms with E-state index in [0.29, 0.717) is 32.1 Å². The topological polar surface area (TPSA) is 61.4 Å². The molecule has 2 N–H and O–H groups in total. The number of carbonyl (C=O) groups excluding carboxylic acids is 2. The molecule has 0 unspecified atom stereocenters. The second kappa shape index (κ2) is 13.7. The molecule has 1 aromatic carbocycles. The molecule has 0 atom stereocenters. The first-order valence-corrected chi connectivity index (χ1v) is 11.5. The number of likely N-dealkylation sites (tertiary alicyclic amines) is 1. The van der Waals surface area contributed by atoms with Crippen molar-refractivity contribution >= 4 is 24.2 Å². The minimum absolute atomic E-state index is 0. The Kier molecular flexibility index (Phi) is 11.2. The van der Waals surface area contributed by atoms with Gasteiger partial charge in [0, 0.05) is 44.6 Å². The van der Waals surface area contributed by atoms with Crippen LogP contribution in [0.15, 0.2) is 30.3 Å². The smallest absolute Gasteiger partial charge is 0.223 e. The van der Waals surface area contributed by atoms with Crippen LogP contribution < -0.4 is 10.6 Å². The largest absolute Gasteiger partial charge is 0.355 e. The molecule has 1 aliphatic heterocycles. The molecule has 1 aromatic rings. The number of halogens is 1. The highest BCUT2D eigenvalue weighted by atomic mass is 35.5. The van der Waals surface area contributed by atoms with Gasteiger partial charge in [0.2, 0.25) is 11.8 Å². The molecule has 1 saturated heterocycles. The number of nitrogens with one attached hydrogen (secondary N) is 2. The van der Waals surface area contributed by atoms with Gasteiger partial charge in [0.25, 0.3) is 0 Å². The lowest BCUT2D eigenvalue weighted by molar-refractivity contribution is -0.135. The third-order valence-electron chi connectivity index (χ3n) is 6.40. The second-order valence-corrected chi connectivity index (χ2v) is 8.57. The van der Waals surface area contributed by atoms with E-state index in [-0.39, 0.29) is 30.1 Å². The Morgan fingerprint density at radius 1 is 0.900 bits per heavy atom. The van der Waals surface area contributed by atoms with Crippen LogP contribution in [0.5, 0.6) is 0 Å². The third kappa shape index (κ3) is 8.27. The number of amides is 2. The molecule has 30 heavy (non-hydrogen) atoms. The molecular weight excluding hydrogens is 398 g/mol. The predicted molar refractivity (Wildman–Crippen MR) is 124 cm³/mol. The summed E-state index contributed by atoms with van der Waals surface area (Å²) in [4.78, 5) is 26.8. The quantitative estimate of drug-likeness (QED) is 0.483. The van der Waals surface area contributed by atoms with Gasteiger partial charge in [0.15, 0.2) is 0 Å². The third-order valence-corrected chi connectivity index (χ3v) is 6.40. The molecule has 3 rings (SSSR count). The van der Waals surface area contributed by atoms with Gasteiger partial charge < -0.3 is 15.5 Å². The van der Waals surface area contributed by atoms with Gasteiger partial charge in [0.1, 0.15) is 0 Å². The minimum atomic E-state index is 0. The average molecular weight is 436 g/mol. The van der Waals surface area contributed by atoms with Gasteiger partial charge in [-0.1, -0.05) is 56.0 Å². The second-order valence-electron chi connectivity index (χ2n) is 8.57. The molecule has 0 spiro atoms. The van der Waals surface area contributed by atoms with Crippen molar-refractivity contribution < 1.29 is 9.59 Å². The molecule has 2 amide bonds. The maximum atomic E-state index is 12.5. The van der Waals surface area contributed by atoms with Crippen molar-refractivity contribution in [2.24, 2.45) is 5.92 Å². The number of aryl methyl sites for hydroxylation is 1. The normalized spacial score (nSPS) is 18.3. The van der Waals surface area contributed by atoms with Crippen molar-refractivity contribution in [2.45, 2.75) is 70.3 Å². The fourth-order valence-corrected chi connectivity index (χ4v) is 4.53. The van der Waals surface area contributed by atoms with E-state index in [2.05, 4.69) is 22.8 Å². The van der Waals surface area contributed by atoms with Crippen LogP contribution in [0.3, 0.4) is 0 Å². The monoisotopic (exact) mass is 435 g/mol. The van der Waals surface area contributed by atoms with Crippen molar-refractivity contribution in [1.29, 1.82) is 0 Å². The molecule has 6 heteroatoms. The van der Waals surface area contributed by atoms with E-state index in [0.717, 1.165) is 25.8 Å². The lowest BCUT2D eigenvalue weighted by Crippen LogP contribution is -2.44. The number of carbonyl (C=O) groups is 2. The van der Waals surface area contributed by atoms with Crippen molar-refractivity contribution in [3.8, 4) is 0 Å². The molecule has 2 fully saturated rings. The number of hydrogen-bond donors (Lipinski definition) is 2. The molecule has 0 bridgehead atoms. The average Bonchev–Trinajstić information content (AvgIpc) is 3.04. The highest BCUT2D eigenvalue weighted by Crippen LogP contribution is 2.19. The molecule has 1 aliphatic carbocycles. The highest BCUT2D eigenvalue weighted by Gasteiger charge is 2.26. The van der Waals surface area contributed by atoms with E-state index in [4.69, 9.17) is 0 Å². The van der Waals surface area contributed by atoms with Crippen LogP contribution in [-0.2, 0) is 16.0 Å². The number of rotatable bonds is 8. The predicted octanol–water partition coefficient (Wildman–Crippen LogP) is 3.71. The van der Waals surface area contributed by atoms with Crippen LogP contribution in [0.25, 0.3) is 0 Å². The molecule has 1 heterocycles. The van der Waals surface area contributed by atoms with E-state index in [1.54, 1.807) is 0 Å². The molecule has 0 radical (unpaired) electrons. The molecule has 2 aliphatic rings. The Bertz CT molecular complexity index is 625. The first-order chi connectivity index (χ1) is 14.2. The Morgan fingerprint density at radius 3 is 2.23 bits per heavy atom. The van der Waals surface area contributed by atoms with E-state index >= 15 is 0 Å². The van der Waals surface area contributed by atoms with Crippen LogP contribution in [0.2, 0.25) is 0 Å². The summed E-state index contributed by atoms with van der Waals surface area (Å²) in [7, 11) is 0.